The molecular weight excluding hydrogens is 212 g/mol. The summed E-state index contributed by atoms with van der Waals surface area (Å²) in [6.07, 6.45) is 3.09. The molecule has 1 atom stereocenters. The highest BCUT2D eigenvalue weighted by Crippen LogP contribution is 2.21. The van der Waals surface area contributed by atoms with Gasteiger partial charge in [-0.1, -0.05) is 18.6 Å². The van der Waals surface area contributed by atoms with Crippen LogP contribution in [-0.2, 0) is 10.0 Å². The van der Waals surface area contributed by atoms with Crippen LogP contribution in [0.2, 0.25) is 0 Å². The first kappa shape index (κ1) is 11.1. The summed E-state index contributed by atoms with van der Waals surface area (Å²) < 4.78 is 25.1. The Morgan fingerprint density at radius 3 is 2.93 bits per heavy atom. The maximum Gasteiger partial charge on any atom is 0.214 e. The Kier molecular flexibility index (Phi) is 3.13. The third-order valence-corrected chi connectivity index (χ3v) is 5.00. The fourth-order valence-electron chi connectivity index (χ4n) is 2.18. The minimum Gasteiger partial charge on any atom is -0.313 e. The zero-order valence-electron chi connectivity index (χ0n) is 9.07. The molecule has 0 spiro atoms. The van der Waals surface area contributed by atoms with Crippen molar-refractivity contribution in [1.82, 2.24) is 9.62 Å². The van der Waals surface area contributed by atoms with E-state index in [0.717, 1.165) is 19.5 Å². The van der Waals surface area contributed by atoms with E-state index in [1.54, 1.807) is 4.31 Å². The standard InChI is InChI=1S/C10H18N2O2S/c1-9-6-12(15(13,14)8-9)7-10-2-4-11-5-3-10/h2,9,11H,3-8H2,1H3. The molecule has 15 heavy (non-hydrogen) atoms. The Bertz CT molecular complexity index is 362. The number of rotatable bonds is 2. The van der Waals surface area contributed by atoms with Gasteiger partial charge < -0.3 is 5.32 Å². The molecule has 0 saturated carbocycles. The van der Waals surface area contributed by atoms with Gasteiger partial charge in [0.25, 0.3) is 0 Å². The van der Waals surface area contributed by atoms with Crippen molar-refractivity contribution in [3.63, 3.8) is 0 Å². The molecule has 4 nitrogen and oxygen atoms in total. The summed E-state index contributed by atoms with van der Waals surface area (Å²) in [4.78, 5) is 0. The molecule has 0 amide bonds. The van der Waals surface area contributed by atoms with Crippen LogP contribution < -0.4 is 5.32 Å². The molecule has 2 aliphatic heterocycles. The quantitative estimate of drug-likeness (QED) is 0.689. The lowest BCUT2D eigenvalue weighted by atomic mass is 10.1. The monoisotopic (exact) mass is 230 g/mol. The van der Waals surface area contributed by atoms with Gasteiger partial charge in [0, 0.05) is 19.6 Å². The van der Waals surface area contributed by atoms with Crippen LogP contribution >= 0.6 is 0 Å². The SMILES string of the molecule is CC1CN(CC2=CCNCC2)S(=O)(=O)C1. The lowest BCUT2D eigenvalue weighted by Gasteiger charge is -2.19. The number of nitrogens with zero attached hydrogens (tertiary/aromatic N) is 1. The van der Waals surface area contributed by atoms with Gasteiger partial charge in [-0.25, -0.2) is 8.42 Å². The van der Waals surface area contributed by atoms with Crippen molar-refractivity contribution in [2.45, 2.75) is 13.3 Å². The van der Waals surface area contributed by atoms with Crippen LogP contribution in [0.15, 0.2) is 11.6 Å². The largest absolute Gasteiger partial charge is 0.313 e. The summed E-state index contributed by atoms with van der Waals surface area (Å²) in [7, 11) is -2.96. The second-order valence-corrected chi connectivity index (χ2v) is 6.51. The van der Waals surface area contributed by atoms with E-state index in [0.29, 0.717) is 18.8 Å². The molecular formula is C10H18N2O2S. The number of hydrogen-bond acceptors (Lipinski definition) is 3. The first-order chi connectivity index (χ1) is 7.08. The Labute approximate surface area is 91.4 Å². The average Bonchev–Trinajstić information content (AvgIpc) is 2.41. The molecule has 2 aliphatic rings. The van der Waals surface area contributed by atoms with E-state index in [-0.39, 0.29) is 5.92 Å². The molecule has 5 heteroatoms. The molecule has 0 aromatic heterocycles. The van der Waals surface area contributed by atoms with Crippen LogP contribution in [0, 0.1) is 5.92 Å². The molecule has 1 fully saturated rings. The van der Waals surface area contributed by atoms with Gasteiger partial charge in [0.2, 0.25) is 10.0 Å². The van der Waals surface area contributed by atoms with Gasteiger partial charge in [0.05, 0.1) is 5.75 Å². The van der Waals surface area contributed by atoms with Crippen LogP contribution in [0.25, 0.3) is 0 Å². The number of nitrogens with one attached hydrogen (secondary N) is 1. The fraction of sp³-hybridized carbons (Fsp3) is 0.800. The average molecular weight is 230 g/mol. The third kappa shape index (κ3) is 2.59. The van der Waals surface area contributed by atoms with Gasteiger partial charge in [-0.15, -0.1) is 0 Å². The van der Waals surface area contributed by atoms with Crippen LogP contribution in [0.5, 0.6) is 0 Å². The van der Waals surface area contributed by atoms with Crippen molar-refractivity contribution in [3.05, 3.63) is 11.6 Å². The minimum atomic E-state index is -2.96. The zero-order chi connectivity index (χ0) is 10.9. The lowest BCUT2D eigenvalue weighted by Crippen LogP contribution is -2.31. The lowest BCUT2D eigenvalue weighted by molar-refractivity contribution is 0.431. The van der Waals surface area contributed by atoms with Gasteiger partial charge >= 0.3 is 0 Å². The first-order valence-electron chi connectivity index (χ1n) is 5.44. The molecule has 0 radical (unpaired) electrons. The van der Waals surface area contributed by atoms with Gasteiger partial charge in [-0.3, -0.25) is 0 Å². The second kappa shape index (κ2) is 4.23. The summed E-state index contributed by atoms with van der Waals surface area (Å²) in [5.74, 6) is 0.593. The summed E-state index contributed by atoms with van der Waals surface area (Å²) in [5, 5.41) is 3.22. The van der Waals surface area contributed by atoms with Crippen LogP contribution in [0.3, 0.4) is 0 Å². The highest BCUT2D eigenvalue weighted by molar-refractivity contribution is 7.89. The molecule has 86 valence electrons. The van der Waals surface area contributed by atoms with Crippen LogP contribution in [-0.4, -0.2) is 44.7 Å². The summed E-state index contributed by atoms with van der Waals surface area (Å²) in [6.45, 7) is 5.13. The maximum atomic E-state index is 11.7. The highest BCUT2D eigenvalue weighted by atomic mass is 32.2. The Morgan fingerprint density at radius 1 is 1.60 bits per heavy atom. The molecule has 0 aromatic carbocycles. The summed E-state index contributed by atoms with van der Waals surface area (Å²) in [6, 6.07) is 0. The number of hydrogen-bond donors (Lipinski definition) is 1. The van der Waals surface area contributed by atoms with E-state index >= 15 is 0 Å². The van der Waals surface area contributed by atoms with Crippen molar-refractivity contribution < 1.29 is 8.42 Å². The molecule has 0 aromatic rings. The number of sulfonamides is 1. The highest BCUT2D eigenvalue weighted by Gasteiger charge is 2.33. The summed E-state index contributed by atoms with van der Waals surface area (Å²) in [5.41, 5.74) is 1.26. The maximum absolute atomic E-state index is 11.7. The molecule has 1 unspecified atom stereocenters. The first-order valence-corrected chi connectivity index (χ1v) is 7.05. The van der Waals surface area contributed by atoms with E-state index in [9.17, 15) is 8.42 Å². The molecule has 1 N–H and O–H groups in total. The van der Waals surface area contributed by atoms with Crippen molar-refractivity contribution >= 4 is 10.0 Å². The Morgan fingerprint density at radius 2 is 2.40 bits per heavy atom. The van der Waals surface area contributed by atoms with Crippen LogP contribution in [0.4, 0.5) is 0 Å². The second-order valence-electron chi connectivity index (χ2n) is 4.49. The van der Waals surface area contributed by atoms with Crippen molar-refractivity contribution in [3.8, 4) is 0 Å². The van der Waals surface area contributed by atoms with E-state index in [2.05, 4.69) is 11.4 Å². The third-order valence-electron chi connectivity index (χ3n) is 2.94. The van der Waals surface area contributed by atoms with E-state index in [1.807, 2.05) is 6.92 Å². The smallest absolute Gasteiger partial charge is 0.214 e. The molecule has 2 rings (SSSR count). The summed E-state index contributed by atoms with van der Waals surface area (Å²) >= 11 is 0. The topological polar surface area (TPSA) is 49.4 Å². The van der Waals surface area contributed by atoms with E-state index < -0.39 is 10.0 Å². The molecule has 2 heterocycles. The zero-order valence-corrected chi connectivity index (χ0v) is 9.89. The van der Waals surface area contributed by atoms with E-state index in [1.165, 1.54) is 5.57 Å². The van der Waals surface area contributed by atoms with Gasteiger partial charge in [-0.05, 0) is 18.9 Å². The normalized spacial score (nSPS) is 31.5. The van der Waals surface area contributed by atoms with Gasteiger partial charge in [0.1, 0.15) is 0 Å². The van der Waals surface area contributed by atoms with Crippen molar-refractivity contribution in [2.75, 3.05) is 31.9 Å². The predicted octanol–water partition coefficient (Wildman–Crippen LogP) is 0.188. The minimum absolute atomic E-state index is 0.275. The van der Waals surface area contributed by atoms with Gasteiger partial charge in [-0.2, -0.15) is 4.31 Å². The Hall–Kier alpha value is -0.390. The van der Waals surface area contributed by atoms with Gasteiger partial charge in [0.15, 0.2) is 0 Å². The molecule has 0 aliphatic carbocycles. The Balaban J connectivity index is 2.03. The molecule has 1 saturated heterocycles. The fourth-order valence-corrected chi connectivity index (χ4v) is 4.06. The van der Waals surface area contributed by atoms with Crippen LogP contribution in [0.1, 0.15) is 13.3 Å². The molecule has 0 bridgehead atoms. The van der Waals surface area contributed by atoms with E-state index in [4.69, 9.17) is 0 Å². The van der Waals surface area contributed by atoms with Crippen molar-refractivity contribution in [2.24, 2.45) is 5.92 Å². The predicted molar refractivity (Wildman–Crippen MR) is 60.1 cm³/mol. The van der Waals surface area contributed by atoms with Crippen molar-refractivity contribution in [1.29, 1.82) is 0 Å².